The third-order valence-electron chi connectivity index (χ3n) is 7.29. The van der Waals surface area contributed by atoms with Crippen molar-refractivity contribution in [2.24, 2.45) is 0 Å². The van der Waals surface area contributed by atoms with E-state index in [1.54, 1.807) is 0 Å². The highest BCUT2D eigenvalue weighted by molar-refractivity contribution is 5.87. The molecular weight excluding hydrogens is 588 g/mol. The van der Waals surface area contributed by atoms with Crippen molar-refractivity contribution in [2.45, 2.75) is 74.8 Å². The highest BCUT2D eigenvalue weighted by atomic mass is 16.7. The molecule has 2 aliphatic heterocycles. The van der Waals surface area contributed by atoms with Crippen LogP contribution in [0.1, 0.15) is 18.1 Å². The van der Waals surface area contributed by atoms with Gasteiger partial charge in [0.25, 0.3) is 0 Å². The van der Waals surface area contributed by atoms with Gasteiger partial charge in [-0.2, -0.15) is 0 Å². The molecule has 0 spiro atoms. The molecule has 0 radical (unpaired) electrons. The van der Waals surface area contributed by atoms with Crippen LogP contribution < -0.4 is 0 Å². The molecule has 0 saturated carbocycles. The minimum Gasteiger partial charge on any atom is -0.504 e. The Labute approximate surface area is 251 Å². The van der Waals surface area contributed by atoms with E-state index in [9.17, 15) is 50.8 Å². The Morgan fingerprint density at radius 2 is 1.52 bits per heavy atom. The van der Waals surface area contributed by atoms with Crippen LogP contribution in [0, 0.1) is 0 Å². The Morgan fingerprint density at radius 1 is 0.841 bits per heavy atom. The summed E-state index contributed by atoms with van der Waals surface area (Å²) in [5.41, 5.74) is 0.892. The van der Waals surface area contributed by atoms with E-state index in [-0.39, 0.29) is 30.3 Å². The van der Waals surface area contributed by atoms with E-state index in [4.69, 9.17) is 23.7 Å². The lowest BCUT2D eigenvalue weighted by molar-refractivity contribution is -0.357. The first-order chi connectivity index (χ1) is 20.9. The van der Waals surface area contributed by atoms with Gasteiger partial charge in [-0.05, 0) is 54.8 Å². The van der Waals surface area contributed by atoms with Crippen LogP contribution >= 0.6 is 0 Å². The van der Waals surface area contributed by atoms with Crippen molar-refractivity contribution < 1.29 is 74.4 Å². The van der Waals surface area contributed by atoms with Gasteiger partial charge in [-0.1, -0.05) is 12.1 Å². The highest BCUT2D eigenvalue weighted by Crippen LogP contribution is 2.32. The monoisotopic (exact) mass is 624 g/mol. The second-order valence-corrected chi connectivity index (χ2v) is 10.4. The number of ether oxygens (including phenoxy) is 5. The topological polar surface area (TPSA) is 245 Å². The van der Waals surface area contributed by atoms with E-state index in [2.05, 4.69) is 0 Å². The number of aromatic hydroxyl groups is 4. The van der Waals surface area contributed by atoms with Crippen molar-refractivity contribution in [3.05, 3.63) is 53.6 Å². The normalized spacial score (nSPS) is 32.5. The number of benzene rings is 2. The summed E-state index contributed by atoms with van der Waals surface area (Å²) in [4.78, 5) is 12.9. The van der Waals surface area contributed by atoms with Crippen LogP contribution in [0.2, 0.25) is 0 Å². The summed E-state index contributed by atoms with van der Waals surface area (Å²) in [5, 5.41) is 90.3. The van der Waals surface area contributed by atoms with Crippen molar-refractivity contribution in [2.75, 3.05) is 13.2 Å². The summed E-state index contributed by atoms with van der Waals surface area (Å²) in [5.74, 6) is -2.42. The van der Waals surface area contributed by atoms with E-state index >= 15 is 0 Å². The van der Waals surface area contributed by atoms with Gasteiger partial charge in [0.15, 0.2) is 41.7 Å². The zero-order valence-corrected chi connectivity index (χ0v) is 23.5. The summed E-state index contributed by atoms with van der Waals surface area (Å²) >= 11 is 0. The van der Waals surface area contributed by atoms with Crippen LogP contribution in [0.3, 0.4) is 0 Å². The second-order valence-electron chi connectivity index (χ2n) is 10.4. The molecule has 2 saturated heterocycles. The molecule has 0 aromatic heterocycles. The molecule has 9 N–H and O–H groups in total. The Hall–Kier alpha value is -3.51. The molecule has 15 nitrogen and oxygen atoms in total. The predicted molar refractivity (Wildman–Crippen MR) is 147 cm³/mol. The van der Waals surface area contributed by atoms with E-state index in [0.29, 0.717) is 11.1 Å². The zero-order chi connectivity index (χ0) is 32.1. The van der Waals surface area contributed by atoms with Gasteiger partial charge in [-0.25, -0.2) is 4.79 Å². The first kappa shape index (κ1) is 33.4. The van der Waals surface area contributed by atoms with E-state index in [1.165, 1.54) is 49.4 Å². The molecule has 242 valence electrons. The molecule has 10 atom stereocenters. The Kier molecular flexibility index (Phi) is 11.0. The zero-order valence-electron chi connectivity index (χ0n) is 23.5. The molecule has 2 fully saturated rings. The molecule has 0 unspecified atom stereocenters. The minimum atomic E-state index is -1.77. The van der Waals surface area contributed by atoms with Crippen molar-refractivity contribution >= 4 is 12.0 Å². The van der Waals surface area contributed by atoms with Crippen molar-refractivity contribution in [1.29, 1.82) is 0 Å². The van der Waals surface area contributed by atoms with Crippen LogP contribution in [-0.4, -0.2) is 127 Å². The molecule has 2 aromatic carbocycles. The SMILES string of the molecule is C[C@@H]1O[C@@H](O[C@@H]2[C@@H](OCCc3ccc(O)c(O)c3)[C@H](O)O[C@H](CO)[C@H]2OC(=O)C=Cc2ccc(O)c(O)c2)[C@H](O)[C@H](O)[C@H]1O. The Balaban J connectivity index is 1.57. The summed E-state index contributed by atoms with van der Waals surface area (Å²) < 4.78 is 28.4. The van der Waals surface area contributed by atoms with Crippen LogP contribution in [0.25, 0.3) is 6.08 Å². The van der Waals surface area contributed by atoms with E-state index in [0.717, 1.165) is 6.08 Å². The maximum Gasteiger partial charge on any atom is 0.331 e. The third-order valence-corrected chi connectivity index (χ3v) is 7.29. The van der Waals surface area contributed by atoms with Crippen molar-refractivity contribution in [3.8, 4) is 23.0 Å². The number of phenols is 4. The van der Waals surface area contributed by atoms with Gasteiger partial charge < -0.3 is 69.6 Å². The van der Waals surface area contributed by atoms with Gasteiger partial charge in [-0.3, -0.25) is 0 Å². The predicted octanol–water partition coefficient (Wildman–Crippen LogP) is -1.02. The van der Waals surface area contributed by atoms with Crippen molar-refractivity contribution in [1.82, 2.24) is 0 Å². The Morgan fingerprint density at radius 3 is 2.18 bits per heavy atom. The lowest BCUT2D eigenvalue weighted by atomic mass is 9.96. The highest BCUT2D eigenvalue weighted by Gasteiger charge is 2.52. The number of hydrogen-bond acceptors (Lipinski definition) is 15. The maximum absolute atomic E-state index is 12.9. The van der Waals surface area contributed by atoms with Crippen molar-refractivity contribution in [3.63, 3.8) is 0 Å². The van der Waals surface area contributed by atoms with Gasteiger partial charge in [0.1, 0.15) is 36.6 Å². The second kappa shape index (κ2) is 14.5. The molecule has 0 bridgehead atoms. The smallest absolute Gasteiger partial charge is 0.331 e. The number of hydrogen-bond donors (Lipinski definition) is 9. The van der Waals surface area contributed by atoms with Crippen LogP contribution in [0.5, 0.6) is 23.0 Å². The summed E-state index contributed by atoms with van der Waals surface area (Å²) in [6.07, 6.45) is -12.5. The van der Waals surface area contributed by atoms with Crippen LogP contribution in [0.15, 0.2) is 42.5 Å². The summed E-state index contributed by atoms with van der Waals surface area (Å²) in [6, 6.07) is 7.96. The first-order valence-corrected chi connectivity index (χ1v) is 13.7. The first-order valence-electron chi connectivity index (χ1n) is 13.7. The largest absolute Gasteiger partial charge is 0.504 e. The van der Waals surface area contributed by atoms with Gasteiger partial charge in [0.2, 0.25) is 0 Å². The standard InChI is InChI=1S/C29H36O15/c1-13-22(36)23(37)24(38)29(41-13)44-26-25(43-21(35)7-4-14-2-5-16(31)18(33)10-14)20(12-30)42-28(39)27(26)40-9-8-15-3-6-17(32)19(34)11-15/h2-7,10-11,13,20,22-34,36-39H,8-9,12H2,1H3/t13-,20+,22-,23+,24+,25+,26-,27+,28+,29-/m0/s1. The quantitative estimate of drug-likeness (QED) is 0.0873. The van der Waals surface area contributed by atoms with Crippen LogP contribution in [0.4, 0.5) is 0 Å². The third kappa shape index (κ3) is 7.76. The minimum absolute atomic E-state index is 0.115. The number of phenolic OH excluding ortho intramolecular Hbond substituents is 4. The number of carbonyl (C=O) groups excluding carboxylic acids is 1. The number of aliphatic hydroxyl groups excluding tert-OH is 5. The summed E-state index contributed by atoms with van der Waals surface area (Å²) in [6.45, 7) is 0.557. The lowest BCUT2D eigenvalue weighted by Crippen LogP contribution is -2.65. The van der Waals surface area contributed by atoms with Gasteiger partial charge in [0, 0.05) is 6.08 Å². The molecule has 4 rings (SSSR count). The maximum atomic E-state index is 12.9. The molecule has 44 heavy (non-hydrogen) atoms. The lowest BCUT2D eigenvalue weighted by Gasteiger charge is -2.46. The number of aliphatic hydroxyl groups is 5. The number of esters is 1. The summed E-state index contributed by atoms with van der Waals surface area (Å²) in [7, 11) is 0. The molecule has 2 aliphatic rings. The molecule has 2 aromatic rings. The van der Waals surface area contributed by atoms with E-state index < -0.39 is 79.7 Å². The molecule has 0 amide bonds. The van der Waals surface area contributed by atoms with Gasteiger partial charge in [-0.15, -0.1) is 0 Å². The fourth-order valence-corrected chi connectivity index (χ4v) is 4.82. The fourth-order valence-electron chi connectivity index (χ4n) is 4.82. The van der Waals surface area contributed by atoms with Gasteiger partial charge in [0.05, 0.1) is 19.3 Å². The Bertz CT molecular complexity index is 1300. The number of rotatable bonds is 10. The number of carbonyl (C=O) groups is 1. The average molecular weight is 625 g/mol. The van der Waals surface area contributed by atoms with E-state index in [1.807, 2.05) is 0 Å². The average Bonchev–Trinajstić information content (AvgIpc) is 2.99. The molecule has 15 heteroatoms. The molecular formula is C29H36O15. The van der Waals surface area contributed by atoms with Crippen LogP contribution in [-0.2, 0) is 34.9 Å². The fraction of sp³-hybridized carbons (Fsp3) is 0.483. The van der Waals surface area contributed by atoms with Gasteiger partial charge >= 0.3 is 5.97 Å². The molecule has 2 heterocycles. The molecule has 0 aliphatic carbocycles.